The molecule has 1 aromatic carbocycles. The first kappa shape index (κ1) is 16.1. The molecule has 5 heteroatoms. The third-order valence-corrected chi connectivity index (χ3v) is 4.02. The number of aryl methyl sites for hydroxylation is 1. The third-order valence-electron chi connectivity index (χ3n) is 4.02. The van der Waals surface area contributed by atoms with Gasteiger partial charge in [0.05, 0.1) is 19.4 Å². The fourth-order valence-electron chi connectivity index (χ4n) is 2.73. The second kappa shape index (κ2) is 6.74. The summed E-state index contributed by atoms with van der Waals surface area (Å²) in [5.41, 5.74) is 2.30. The molecule has 0 aliphatic rings. The lowest BCUT2D eigenvalue weighted by Gasteiger charge is -2.21. The zero-order chi connectivity index (χ0) is 17.1. The summed E-state index contributed by atoms with van der Waals surface area (Å²) >= 11 is 0. The summed E-state index contributed by atoms with van der Waals surface area (Å²) in [6, 6.07) is 11.4. The van der Waals surface area contributed by atoms with Gasteiger partial charge in [-0.1, -0.05) is 19.1 Å². The number of hydrogen-bond donors (Lipinski definition) is 1. The van der Waals surface area contributed by atoms with Gasteiger partial charge in [0.1, 0.15) is 5.76 Å². The zero-order valence-electron chi connectivity index (χ0n) is 13.8. The first-order valence-corrected chi connectivity index (χ1v) is 7.99. The summed E-state index contributed by atoms with van der Waals surface area (Å²) in [6.45, 7) is 4.40. The van der Waals surface area contributed by atoms with Gasteiger partial charge in [-0.2, -0.15) is 0 Å². The van der Waals surface area contributed by atoms with Crippen molar-refractivity contribution in [2.24, 2.45) is 0 Å². The van der Waals surface area contributed by atoms with E-state index >= 15 is 0 Å². The molecule has 2 aromatic heterocycles. The Bertz CT molecular complexity index is 910. The topological polar surface area (TPSA) is 66.3 Å². The number of rotatable bonds is 5. The van der Waals surface area contributed by atoms with E-state index in [-0.39, 0.29) is 18.0 Å². The van der Waals surface area contributed by atoms with Crippen LogP contribution in [-0.4, -0.2) is 15.8 Å². The largest absolute Gasteiger partial charge is 0.467 e. The van der Waals surface area contributed by atoms with Crippen LogP contribution in [0.25, 0.3) is 10.9 Å². The van der Waals surface area contributed by atoms with Crippen LogP contribution in [0.15, 0.2) is 51.9 Å². The smallest absolute Gasteiger partial charge is 0.253 e. The van der Waals surface area contributed by atoms with E-state index in [1.165, 1.54) is 0 Å². The Kier molecular flexibility index (Phi) is 4.51. The van der Waals surface area contributed by atoms with Gasteiger partial charge < -0.3 is 14.3 Å². The minimum atomic E-state index is -0.165. The van der Waals surface area contributed by atoms with Gasteiger partial charge in [0, 0.05) is 17.5 Å². The molecule has 0 spiro atoms. The molecule has 0 radical (unpaired) electrons. The van der Waals surface area contributed by atoms with Crippen LogP contribution in [0.5, 0.6) is 0 Å². The number of nitrogens with one attached hydrogen (secondary N) is 1. The average Bonchev–Trinajstić information content (AvgIpc) is 3.07. The molecule has 5 nitrogen and oxygen atoms in total. The normalized spacial score (nSPS) is 10.9. The van der Waals surface area contributed by atoms with Gasteiger partial charge in [-0.3, -0.25) is 9.59 Å². The van der Waals surface area contributed by atoms with Crippen molar-refractivity contribution in [3.8, 4) is 0 Å². The highest BCUT2D eigenvalue weighted by atomic mass is 16.3. The lowest BCUT2D eigenvalue weighted by atomic mass is 10.1. The number of furan rings is 1. The highest BCUT2D eigenvalue weighted by Crippen LogP contribution is 2.15. The Labute approximate surface area is 139 Å². The van der Waals surface area contributed by atoms with Gasteiger partial charge in [-0.05, 0) is 42.1 Å². The van der Waals surface area contributed by atoms with E-state index in [1.54, 1.807) is 17.2 Å². The van der Waals surface area contributed by atoms with Crippen molar-refractivity contribution >= 4 is 16.8 Å². The van der Waals surface area contributed by atoms with Gasteiger partial charge in [0.15, 0.2) is 0 Å². The Morgan fingerprint density at radius 3 is 2.75 bits per heavy atom. The Morgan fingerprint density at radius 1 is 1.21 bits per heavy atom. The SMILES string of the molecule is CCC(=O)N(Cc1ccco1)Cc1cc2ccc(C)cc2[nH]c1=O. The number of aromatic nitrogens is 1. The molecule has 0 aliphatic carbocycles. The van der Waals surface area contributed by atoms with Gasteiger partial charge >= 0.3 is 0 Å². The number of carbonyl (C=O) groups is 1. The highest BCUT2D eigenvalue weighted by Gasteiger charge is 2.16. The molecule has 0 unspecified atom stereocenters. The molecule has 124 valence electrons. The van der Waals surface area contributed by atoms with E-state index < -0.39 is 0 Å². The number of hydrogen-bond acceptors (Lipinski definition) is 3. The van der Waals surface area contributed by atoms with Crippen molar-refractivity contribution in [3.05, 3.63) is 69.9 Å². The minimum absolute atomic E-state index is 0.0187. The number of amides is 1. The molecule has 0 saturated carbocycles. The number of carbonyl (C=O) groups excluding carboxylic acids is 1. The molecule has 0 atom stereocenters. The lowest BCUT2D eigenvalue weighted by molar-refractivity contribution is -0.132. The molecule has 2 heterocycles. The molecule has 3 rings (SSSR count). The quantitative estimate of drug-likeness (QED) is 0.782. The van der Waals surface area contributed by atoms with Crippen LogP contribution < -0.4 is 5.56 Å². The van der Waals surface area contributed by atoms with Crippen LogP contribution in [0, 0.1) is 6.92 Å². The van der Waals surface area contributed by atoms with E-state index in [0.717, 1.165) is 16.5 Å². The van der Waals surface area contributed by atoms with Crippen LogP contribution >= 0.6 is 0 Å². The maximum Gasteiger partial charge on any atom is 0.253 e. The summed E-state index contributed by atoms with van der Waals surface area (Å²) < 4.78 is 5.33. The zero-order valence-corrected chi connectivity index (χ0v) is 13.8. The summed E-state index contributed by atoms with van der Waals surface area (Å²) in [6.07, 6.45) is 1.96. The fraction of sp³-hybridized carbons (Fsp3) is 0.263. The standard InChI is InChI=1S/C19H20N2O3/c1-3-18(22)21(12-16-5-4-8-24-16)11-15-10-14-7-6-13(2)9-17(14)20-19(15)23/h4-10H,3,11-12H2,1-2H3,(H,20,23). The van der Waals surface area contributed by atoms with Crippen LogP contribution in [0.4, 0.5) is 0 Å². The predicted octanol–water partition coefficient (Wildman–Crippen LogP) is 3.37. The number of pyridine rings is 1. The Hall–Kier alpha value is -2.82. The van der Waals surface area contributed by atoms with E-state index in [1.807, 2.05) is 44.2 Å². The molecule has 1 amide bonds. The second-order valence-electron chi connectivity index (χ2n) is 5.90. The molecule has 0 fully saturated rings. The fourth-order valence-corrected chi connectivity index (χ4v) is 2.73. The number of benzene rings is 1. The third kappa shape index (κ3) is 3.40. The number of fused-ring (bicyclic) bond motifs is 1. The van der Waals surface area contributed by atoms with Crippen LogP contribution in [-0.2, 0) is 17.9 Å². The van der Waals surface area contributed by atoms with Crippen molar-refractivity contribution in [3.63, 3.8) is 0 Å². The molecule has 3 aromatic rings. The number of nitrogens with zero attached hydrogens (tertiary/aromatic N) is 1. The first-order valence-electron chi connectivity index (χ1n) is 7.99. The van der Waals surface area contributed by atoms with Crippen LogP contribution in [0.3, 0.4) is 0 Å². The molecule has 24 heavy (non-hydrogen) atoms. The summed E-state index contributed by atoms with van der Waals surface area (Å²) in [5, 5.41) is 0.956. The van der Waals surface area contributed by atoms with E-state index in [2.05, 4.69) is 4.98 Å². The first-order chi connectivity index (χ1) is 11.6. The van der Waals surface area contributed by atoms with Gasteiger partial charge in [-0.25, -0.2) is 0 Å². The number of aromatic amines is 1. The molecular weight excluding hydrogens is 304 g/mol. The second-order valence-corrected chi connectivity index (χ2v) is 5.90. The Balaban J connectivity index is 1.92. The molecule has 0 bridgehead atoms. The monoisotopic (exact) mass is 324 g/mol. The predicted molar refractivity (Wildman–Crippen MR) is 92.6 cm³/mol. The number of H-pyrrole nitrogens is 1. The van der Waals surface area contributed by atoms with Crippen molar-refractivity contribution in [1.29, 1.82) is 0 Å². The van der Waals surface area contributed by atoms with Gasteiger partial charge in [0.2, 0.25) is 5.91 Å². The lowest BCUT2D eigenvalue weighted by Crippen LogP contribution is -2.31. The average molecular weight is 324 g/mol. The summed E-state index contributed by atoms with van der Waals surface area (Å²) in [4.78, 5) is 29.2. The maximum atomic E-state index is 12.4. The highest BCUT2D eigenvalue weighted by molar-refractivity contribution is 5.80. The van der Waals surface area contributed by atoms with Crippen LogP contribution in [0.2, 0.25) is 0 Å². The summed E-state index contributed by atoms with van der Waals surface area (Å²) in [7, 11) is 0. The molecular formula is C19H20N2O3. The summed E-state index contributed by atoms with van der Waals surface area (Å²) in [5.74, 6) is 0.680. The van der Waals surface area contributed by atoms with Gasteiger partial charge in [-0.15, -0.1) is 0 Å². The molecule has 0 saturated heterocycles. The van der Waals surface area contributed by atoms with Gasteiger partial charge in [0.25, 0.3) is 5.56 Å². The van der Waals surface area contributed by atoms with Crippen molar-refractivity contribution in [1.82, 2.24) is 9.88 Å². The van der Waals surface area contributed by atoms with E-state index in [0.29, 0.717) is 24.3 Å². The van der Waals surface area contributed by atoms with Crippen LogP contribution in [0.1, 0.15) is 30.2 Å². The molecule has 1 N–H and O–H groups in total. The van der Waals surface area contributed by atoms with Crippen molar-refractivity contribution < 1.29 is 9.21 Å². The minimum Gasteiger partial charge on any atom is -0.467 e. The maximum absolute atomic E-state index is 12.4. The van der Waals surface area contributed by atoms with E-state index in [9.17, 15) is 9.59 Å². The molecule has 0 aliphatic heterocycles. The van der Waals surface area contributed by atoms with Crippen molar-refractivity contribution in [2.75, 3.05) is 0 Å². The Morgan fingerprint density at radius 2 is 2.04 bits per heavy atom. The van der Waals surface area contributed by atoms with E-state index in [4.69, 9.17) is 4.42 Å². The van der Waals surface area contributed by atoms with Crippen molar-refractivity contribution in [2.45, 2.75) is 33.4 Å².